The van der Waals surface area contributed by atoms with E-state index in [1.165, 1.54) is 25.1 Å². The molecule has 0 aliphatic heterocycles. The summed E-state index contributed by atoms with van der Waals surface area (Å²) in [6, 6.07) is 2.85. The van der Waals surface area contributed by atoms with Crippen LogP contribution in [0.5, 0.6) is 0 Å². The molecule has 30 heavy (non-hydrogen) atoms. The molecule has 0 saturated carbocycles. The van der Waals surface area contributed by atoms with Crippen molar-refractivity contribution < 1.29 is 53.7 Å². The molecule has 8 nitrogen and oxygen atoms in total. The van der Waals surface area contributed by atoms with Gasteiger partial charge >= 0.3 is 33.5 Å². The van der Waals surface area contributed by atoms with E-state index in [0.29, 0.717) is 0 Å². The van der Waals surface area contributed by atoms with Crippen LogP contribution in [0.3, 0.4) is 0 Å². The van der Waals surface area contributed by atoms with E-state index in [9.17, 15) is 40.0 Å². The molecule has 1 rings (SSSR count). The lowest BCUT2D eigenvalue weighted by molar-refractivity contribution is -0.176. The second-order valence-corrected chi connectivity index (χ2v) is 7.20. The van der Waals surface area contributed by atoms with Gasteiger partial charge in [-0.05, 0) is 12.5 Å². The highest BCUT2D eigenvalue weighted by Crippen LogP contribution is 2.33. The first-order valence-electron chi connectivity index (χ1n) is 7.88. The van der Waals surface area contributed by atoms with Crippen LogP contribution in [0.1, 0.15) is 18.5 Å². The quantitative estimate of drug-likeness (QED) is 0.186. The molecule has 168 valence electrons. The van der Waals surface area contributed by atoms with Crippen molar-refractivity contribution in [1.82, 2.24) is 5.48 Å². The van der Waals surface area contributed by atoms with Crippen LogP contribution >= 0.6 is 0 Å². The molecule has 0 bridgehead atoms. The van der Waals surface area contributed by atoms with Crippen molar-refractivity contribution in [3.63, 3.8) is 0 Å². The van der Waals surface area contributed by atoms with E-state index in [1.54, 1.807) is 0 Å². The van der Waals surface area contributed by atoms with E-state index >= 15 is 0 Å². The highest BCUT2D eigenvalue weighted by Gasteiger charge is 2.57. The van der Waals surface area contributed by atoms with E-state index < -0.39 is 58.3 Å². The summed E-state index contributed by atoms with van der Waals surface area (Å²) in [5.74, 6) is -3.56. The first kappa shape index (κ1) is 25.5. The molecule has 1 aromatic carbocycles. The van der Waals surface area contributed by atoms with E-state index in [2.05, 4.69) is 20.3 Å². The van der Waals surface area contributed by atoms with Gasteiger partial charge in [0.2, 0.25) is 0 Å². The van der Waals surface area contributed by atoms with Gasteiger partial charge in [-0.2, -0.15) is 40.1 Å². The smallest absolute Gasteiger partial charge is 0.459 e. The van der Waals surface area contributed by atoms with Crippen molar-refractivity contribution in [1.29, 1.82) is 0 Å². The second-order valence-electron chi connectivity index (χ2n) is 5.61. The molecule has 0 saturated heterocycles. The van der Waals surface area contributed by atoms with Crippen LogP contribution in [0.4, 0.5) is 22.0 Å². The topological polar surface area (TPSA) is 108 Å². The minimum Gasteiger partial charge on any atom is -0.459 e. The monoisotopic (exact) mass is 461 g/mol. The maximum Gasteiger partial charge on any atom is 0.467 e. The zero-order valence-electron chi connectivity index (χ0n) is 15.2. The average molecular weight is 461 g/mol. The zero-order chi connectivity index (χ0) is 23.2. The Morgan fingerprint density at radius 1 is 1.07 bits per heavy atom. The van der Waals surface area contributed by atoms with Gasteiger partial charge in [-0.15, -0.1) is 0 Å². The lowest BCUT2D eigenvalue weighted by Crippen LogP contribution is -2.45. The van der Waals surface area contributed by atoms with Gasteiger partial charge in [0.25, 0.3) is 0 Å². The number of rotatable bonds is 10. The molecule has 14 heteroatoms. The number of carbonyl (C=O) groups is 2. The minimum absolute atomic E-state index is 0.0358. The molecule has 1 unspecified atom stereocenters. The Bertz CT molecular complexity index is 872. The largest absolute Gasteiger partial charge is 0.467 e. The molecule has 0 amide bonds. The van der Waals surface area contributed by atoms with Crippen LogP contribution in [0.15, 0.2) is 42.5 Å². The van der Waals surface area contributed by atoms with Crippen LogP contribution in [0.2, 0.25) is 0 Å². The predicted molar refractivity (Wildman–Crippen MR) is 90.1 cm³/mol. The molecule has 0 aliphatic carbocycles. The van der Waals surface area contributed by atoms with Gasteiger partial charge in [0.1, 0.15) is 13.2 Å². The molecule has 0 heterocycles. The summed E-state index contributed by atoms with van der Waals surface area (Å²) in [7, 11) is -6.23. The third-order valence-electron chi connectivity index (χ3n) is 3.19. The highest BCUT2D eigenvalue weighted by molar-refractivity contribution is 7.88. The molecule has 1 N–H and O–H groups in total. The van der Waals surface area contributed by atoms with Crippen molar-refractivity contribution in [2.75, 3.05) is 13.2 Å². The Balaban J connectivity index is 2.79. The summed E-state index contributed by atoms with van der Waals surface area (Å²) < 4.78 is 102. The molecule has 0 fully saturated rings. The predicted octanol–water partition coefficient (Wildman–Crippen LogP) is 2.40. The lowest BCUT2D eigenvalue weighted by atomic mass is 10.1. The molecule has 0 aromatic heterocycles. The molecule has 0 spiro atoms. The summed E-state index contributed by atoms with van der Waals surface area (Å²) in [6.45, 7) is 2.86. The van der Waals surface area contributed by atoms with Gasteiger partial charge in [0, 0.05) is 5.57 Å². The first-order chi connectivity index (χ1) is 13.7. The lowest BCUT2D eigenvalue weighted by Gasteiger charge is -2.22. The first-order valence-corrected chi connectivity index (χ1v) is 9.29. The Labute approximate surface area is 167 Å². The summed E-state index contributed by atoms with van der Waals surface area (Å²) in [4.78, 5) is 22.4. The van der Waals surface area contributed by atoms with E-state index in [1.807, 2.05) is 0 Å². The maximum absolute atomic E-state index is 13.8. The number of benzene rings is 1. The van der Waals surface area contributed by atoms with Gasteiger partial charge in [0.15, 0.2) is 6.04 Å². The highest BCUT2D eigenvalue weighted by atomic mass is 32.2. The molecular formula is C16H16F5NO7S. The SMILES string of the molecule is C=C(C)C(=O)OCCOC(=O)C(F)(F)S(=O)(=O)ONC(c1ccccc1)C(F)(F)F. The number of hydrogen-bond acceptors (Lipinski definition) is 8. The third-order valence-corrected chi connectivity index (χ3v) is 4.30. The fourth-order valence-corrected chi connectivity index (χ4v) is 2.30. The van der Waals surface area contributed by atoms with Gasteiger partial charge in [-0.1, -0.05) is 36.9 Å². The van der Waals surface area contributed by atoms with Gasteiger partial charge in [-0.25, -0.2) is 9.59 Å². The standard InChI is InChI=1S/C16H16F5NO7S/c1-10(2)13(23)27-8-9-28-14(24)16(20,21)30(25,26)29-22-12(15(17,18)19)11-6-4-3-5-7-11/h3-7,12,22H,1,8-9H2,2H3. The number of hydroxylamine groups is 1. The van der Waals surface area contributed by atoms with Crippen molar-refractivity contribution >= 4 is 22.1 Å². The van der Waals surface area contributed by atoms with E-state index in [4.69, 9.17) is 0 Å². The zero-order valence-corrected chi connectivity index (χ0v) is 16.1. The van der Waals surface area contributed by atoms with Crippen LogP contribution in [0.25, 0.3) is 0 Å². The number of nitrogens with one attached hydrogen (secondary N) is 1. The fraction of sp³-hybridized carbons (Fsp3) is 0.375. The number of esters is 2. The minimum atomic E-state index is -6.23. The van der Waals surface area contributed by atoms with Crippen LogP contribution in [-0.2, 0) is 33.5 Å². The van der Waals surface area contributed by atoms with Gasteiger partial charge in [0.05, 0.1) is 0 Å². The number of halogens is 5. The number of carbonyl (C=O) groups excluding carboxylic acids is 2. The summed E-state index contributed by atoms with van der Waals surface area (Å²) >= 11 is 0. The normalized spacial score (nSPS) is 13.4. The fourth-order valence-electron chi connectivity index (χ4n) is 1.71. The average Bonchev–Trinajstić information content (AvgIpc) is 2.64. The Morgan fingerprint density at radius 2 is 1.60 bits per heavy atom. The van der Waals surface area contributed by atoms with Crippen LogP contribution < -0.4 is 5.48 Å². The number of ether oxygens (including phenoxy) is 2. The van der Waals surface area contributed by atoms with Crippen molar-refractivity contribution in [2.45, 2.75) is 24.4 Å². The van der Waals surface area contributed by atoms with Gasteiger partial charge in [-0.3, -0.25) is 0 Å². The Morgan fingerprint density at radius 3 is 2.10 bits per heavy atom. The Hall–Kier alpha value is -2.58. The van der Waals surface area contributed by atoms with Crippen molar-refractivity contribution in [3.05, 3.63) is 48.0 Å². The third kappa shape index (κ3) is 6.74. The molecular weight excluding hydrogens is 445 g/mol. The molecule has 0 aliphatic rings. The Kier molecular flexibility index (Phi) is 8.44. The number of alkyl halides is 5. The second kappa shape index (κ2) is 9.95. The number of hydrogen-bond donors (Lipinski definition) is 1. The van der Waals surface area contributed by atoms with Crippen LogP contribution in [0, 0.1) is 0 Å². The summed E-state index contributed by atoms with van der Waals surface area (Å²) in [6.07, 6.45) is -5.13. The molecule has 1 atom stereocenters. The van der Waals surface area contributed by atoms with Crippen LogP contribution in [-0.4, -0.2) is 45.0 Å². The summed E-state index contributed by atoms with van der Waals surface area (Å²) in [5, 5.41) is -5.36. The van der Waals surface area contributed by atoms with Crippen molar-refractivity contribution in [3.8, 4) is 0 Å². The van der Waals surface area contributed by atoms with Gasteiger partial charge < -0.3 is 9.47 Å². The van der Waals surface area contributed by atoms with E-state index in [0.717, 1.165) is 17.6 Å². The van der Waals surface area contributed by atoms with Crippen molar-refractivity contribution in [2.24, 2.45) is 0 Å². The summed E-state index contributed by atoms with van der Waals surface area (Å²) in [5.41, 5.74) is 0.420. The maximum atomic E-state index is 13.8. The molecule has 1 aromatic rings. The van der Waals surface area contributed by atoms with E-state index in [-0.39, 0.29) is 5.57 Å². The molecule has 0 radical (unpaired) electrons.